The lowest BCUT2D eigenvalue weighted by Crippen LogP contribution is -2.27. The largest absolute Gasteiger partial charge is 0.450 e. The number of aromatic nitrogens is 2. The van der Waals surface area contributed by atoms with E-state index in [4.69, 9.17) is 4.74 Å². The Morgan fingerprint density at radius 3 is 2.71 bits per heavy atom. The summed E-state index contributed by atoms with van der Waals surface area (Å²) in [7, 11) is 0. The number of hydrogen-bond acceptors (Lipinski definition) is 5. The van der Waals surface area contributed by atoms with Gasteiger partial charge in [-0.05, 0) is 13.8 Å². The summed E-state index contributed by atoms with van der Waals surface area (Å²) in [4.78, 5) is 26.5. The maximum absolute atomic E-state index is 11.5. The molecule has 0 saturated carbocycles. The second kappa shape index (κ2) is 6.51. The molecule has 0 bridgehead atoms. The number of rotatable bonds is 4. The minimum Gasteiger partial charge on any atom is -0.450 e. The van der Waals surface area contributed by atoms with Crippen LogP contribution in [-0.4, -0.2) is 35.0 Å². The van der Waals surface area contributed by atoms with Gasteiger partial charge in [-0.1, -0.05) is 0 Å². The van der Waals surface area contributed by atoms with E-state index in [0.29, 0.717) is 5.82 Å². The molecule has 0 radical (unpaired) electrons. The van der Waals surface area contributed by atoms with Crippen LogP contribution in [0.4, 0.5) is 9.59 Å². The van der Waals surface area contributed by atoms with Crippen molar-refractivity contribution in [1.82, 2.24) is 14.9 Å². The molecule has 0 aliphatic rings. The van der Waals surface area contributed by atoms with Crippen molar-refractivity contribution in [3.8, 4) is 0 Å². The Bertz CT molecular complexity index is 389. The van der Waals surface area contributed by atoms with Crippen LogP contribution in [0.1, 0.15) is 19.7 Å². The molecule has 0 saturated heterocycles. The van der Waals surface area contributed by atoms with Crippen molar-refractivity contribution in [2.75, 3.05) is 13.2 Å². The van der Waals surface area contributed by atoms with Crippen LogP contribution in [0.15, 0.2) is 12.4 Å². The average Bonchev–Trinajstić information content (AvgIpc) is 2.75. The average molecular weight is 241 g/mol. The van der Waals surface area contributed by atoms with Crippen LogP contribution < -0.4 is 5.32 Å². The van der Waals surface area contributed by atoms with Crippen molar-refractivity contribution in [2.45, 2.75) is 20.4 Å². The van der Waals surface area contributed by atoms with E-state index >= 15 is 0 Å². The van der Waals surface area contributed by atoms with Crippen molar-refractivity contribution in [2.24, 2.45) is 0 Å². The topological polar surface area (TPSA) is 82.5 Å². The first-order chi connectivity index (χ1) is 8.19. The van der Waals surface area contributed by atoms with E-state index < -0.39 is 12.2 Å². The molecule has 94 valence electrons. The van der Waals surface area contributed by atoms with Crippen molar-refractivity contribution < 1.29 is 19.1 Å². The number of alkyl carbamates (subject to hydrolysis) is 1. The fourth-order valence-electron chi connectivity index (χ4n) is 1.16. The summed E-state index contributed by atoms with van der Waals surface area (Å²) in [5.74, 6) is 0.386. The van der Waals surface area contributed by atoms with Crippen LogP contribution in [0.5, 0.6) is 0 Å². The van der Waals surface area contributed by atoms with Gasteiger partial charge in [0, 0.05) is 12.4 Å². The third-order valence-corrected chi connectivity index (χ3v) is 1.85. The summed E-state index contributed by atoms with van der Waals surface area (Å²) in [5, 5.41) is 2.47. The second-order valence-electron chi connectivity index (χ2n) is 2.99. The predicted molar refractivity (Wildman–Crippen MR) is 58.5 cm³/mol. The standard InChI is InChI=1S/C10H15N3O4/c1-3-16-9(14)12-7-8-11-5-6-13(8)10(15)17-4-2/h5-6H,3-4,7H2,1-2H3,(H,12,14). The van der Waals surface area contributed by atoms with Crippen LogP contribution in [0.2, 0.25) is 0 Å². The minimum absolute atomic E-state index is 0.102. The number of nitrogens with zero attached hydrogens (tertiary/aromatic N) is 2. The molecule has 1 heterocycles. The van der Waals surface area contributed by atoms with E-state index in [1.807, 2.05) is 0 Å². The Balaban J connectivity index is 2.57. The van der Waals surface area contributed by atoms with Crippen LogP contribution in [-0.2, 0) is 16.0 Å². The fraction of sp³-hybridized carbons (Fsp3) is 0.500. The number of carbonyl (C=O) groups is 2. The van der Waals surface area contributed by atoms with Crippen LogP contribution >= 0.6 is 0 Å². The summed E-state index contributed by atoms with van der Waals surface area (Å²) in [6, 6.07) is 0. The highest BCUT2D eigenvalue weighted by atomic mass is 16.6. The molecule has 7 nitrogen and oxygen atoms in total. The zero-order chi connectivity index (χ0) is 12.7. The normalized spacial score (nSPS) is 9.76. The maximum atomic E-state index is 11.5. The molecule has 0 unspecified atom stereocenters. The maximum Gasteiger partial charge on any atom is 0.419 e. The monoisotopic (exact) mass is 241 g/mol. The minimum atomic E-state index is -0.550. The van der Waals surface area contributed by atoms with Crippen molar-refractivity contribution in [3.63, 3.8) is 0 Å². The zero-order valence-electron chi connectivity index (χ0n) is 9.80. The van der Waals surface area contributed by atoms with E-state index in [0.717, 1.165) is 0 Å². The van der Waals surface area contributed by atoms with Gasteiger partial charge in [0.2, 0.25) is 0 Å². The summed E-state index contributed by atoms with van der Waals surface area (Å²) < 4.78 is 10.7. The third kappa shape index (κ3) is 3.78. The lowest BCUT2D eigenvalue weighted by Gasteiger charge is -2.07. The molecule has 1 N–H and O–H groups in total. The van der Waals surface area contributed by atoms with Gasteiger partial charge in [0.05, 0.1) is 19.8 Å². The smallest absolute Gasteiger partial charge is 0.419 e. The molecular weight excluding hydrogens is 226 g/mol. The highest BCUT2D eigenvalue weighted by Gasteiger charge is 2.12. The van der Waals surface area contributed by atoms with Gasteiger partial charge in [0.1, 0.15) is 5.82 Å². The van der Waals surface area contributed by atoms with Crippen LogP contribution in [0.25, 0.3) is 0 Å². The van der Waals surface area contributed by atoms with Crippen LogP contribution in [0.3, 0.4) is 0 Å². The molecule has 17 heavy (non-hydrogen) atoms. The van der Waals surface area contributed by atoms with Crippen molar-refractivity contribution >= 4 is 12.2 Å². The van der Waals surface area contributed by atoms with E-state index in [1.54, 1.807) is 13.8 Å². The van der Waals surface area contributed by atoms with Gasteiger partial charge in [0.25, 0.3) is 0 Å². The molecular formula is C10H15N3O4. The molecule has 1 amide bonds. The molecule has 1 rings (SSSR count). The lowest BCUT2D eigenvalue weighted by molar-refractivity contribution is 0.147. The van der Waals surface area contributed by atoms with Gasteiger partial charge in [-0.3, -0.25) is 0 Å². The van der Waals surface area contributed by atoms with Crippen molar-refractivity contribution in [1.29, 1.82) is 0 Å². The van der Waals surface area contributed by atoms with Gasteiger partial charge in [-0.15, -0.1) is 0 Å². The molecule has 0 aliphatic carbocycles. The molecule has 0 atom stereocenters. The zero-order valence-corrected chi connectivity index (χ0v) is 9.80. The fourth-order valence-corrected chi connectivity index (χ4v) is 1.16. The number of nitrogens with one attached hydrogen (secondary N) is 1. The number of amides is 1. The second-order valence-corrected chi connectivity index (χ2v) is 2.99. The SMILES string of the molecule is CCOC(=O)NCc1nccn1C(=O)OCC. The summed E-state index contributed by atoms with van der Waals surface area (Å²) >= 11 is 0. The molecule has 0 aliphatic heterocycles. The summed E-state index contributed by atoms with van der Waals surface area (Å²) in [6.07, 6.45) is 1.86. The Morgan fingerprint density at radius 1 is 1.35 bits per heavy atom. The first kappa shape index (κ1) is 13.0. The van der Waals surface area contributed by atoms with Gasteiger partial charge in [-0.2, -0.15) is 0 Å². The highest BCUT2D eigenvalue weighted by molar-refractivity contribution is 5.71. The van der Waals surface area contributed by atoms with Gasteiger partial charge in [0.15, 0.2) is 0 Å². The molecule has 7 heteroatoms. The molecule has 0 fully saturated rings. The molecule has 0 spiro atoms. The molecule has 1 aromatic rings. The Morgan fingerprint density at radius 2 is 2.06 bits per heavy atom. The van der Waals surface area contributed by atoms with Crippen LogP contribution in [0, 0.1) is 0 Å². The number of imidazole rings is 1. The van der Waals surface area contributed by atoms with Gasteiger partial charge < -0.3 is 14.8 Å². The van der Waals surface area contributed by atoms with E-state index in [9.17, 15) is 9.59 Å². The highest BCUT2D eigenvalue weighted by Crippen LogP contribution is 1.99. The lowest BCUT2D eigenvalue weighted by atomic mass is 10.6. The van der Waals surface area contributed by atoms with E-state index in [1.165, 1.54) is 17.0 Å². The Hall–Kier alpha value is -2.05. The number of ether oxygens (including phenoxy) is 2. The first-order valence-corrected chi connectivity index (χ1v) is 5.29. The first-order valence-electron chi connectivity index (χ1n) is 5.29. The van der Waals surface area contributed by atoms with E-state index in [2.05, 4.69) is 15.0 Å². The predicted octanol–water partition coefficient (Wildman–Crippen LogP) is 1.13. The molecule has 1 aromatic heterocycles. The molecule has 0 aromatic carbocycles. The summed E-state index contributed by atoms with van der Waals surface area (Å²) in [6.45, 7) is 4.09. The van der Waals surface area contributed by atoms with Crippen molar-refractivity contribution in [3.05, 3.63) is 18.2 Å². The quantitative estimate of drug-likeness (QED) is 0.854. The van der Waals surface area contributed by atoms with Gasteiger partial charge in [-0.25, -0.2) is 19.1 Å². The van der Waals surface area contributed by atoms with Gasteiger partial charge >= 0.3 is 12.2 Å². The third-order valence-electron chi connectivity index (χ3n) is 1.85. The Labute approximate surface area is 98.7 Å². The van der Waals surface area contributed by atoms with E-state index in [-0.39, 0.29) is 19.8 Å². The number of hydrogen-bond donors (Lipinski definition) is 1. The number of carbonyl (C=O) groups excluding carboxylic acids is 2. The summed E-state index contributed by atoms with van der Waals surface area (Å²) in [5.41, 5.74) is 0. The Kier molecular flexibility index (Phi) is 4.99.